The van der Waals surface area contributed by atoms with Crippen LogP contribution >= 0.6 is 12.2 Å². The van der Waals surface area contributed by atoms with Gasteiger partial charge in [-0.1, -0.05) is 18.3 Å². The summed E-state index contributed by atoms with van der Waals surface area (Å²) in [6, 6.07) is 1.86. The van der Waals surface area contributed by atoms with Crippen LogP contribution in [0.2, 0.25) is 0 Å². The molecule has 1 heterocycles. The molecule has 12 heavy (non-hydrogen) atoms. The molecule has 3 N–H and O–H groups in total. The summed E-state index contributed by atoms with van der Waals surface area (Å²) in [4.78, 5) is 13.5. The van der Waals surface area contributed by atoms with E-state index in [1.807, 2.05) is 13.0 Å². The number of nitrogens with one attached hydrogen (secondary N) is 1. The van der Waals surface area contributed by atoms with E-state index in [1.54, 1.807) is 6.20 Å². The maximum absolute atomic E-state index is 10.6. The molecule has 0 fully saturated rings. The number of amides is 1. The van der Waals surface area contributed by atoms with Crippen molar-refractivity contribution in [3.63, 3.8) is 0 Å². The largest absolute Gasteiger partial charge is 0.369 e. The second kappa shape index (κ2) is 3.49. The molecule has 1 aromatic rings. The van der Waals surface area contributed by atoms with Gasteiger partial charge in [-0.15, -0.1) is 0 Å². The van der Waals surface area contributed by atoms with Crippen LogP contribution in [0.15, 0.2) is 12.3 Å². The summed E-state index contributed by atoms with van der Waals surface area (Å²) in [5, 5.41) is 0. The molecule has 0 atom stereocenters. The lowest BCUT2D eigenvalue weighted by molar-refractivity contribution is -0.117. The van der Waals surface area contributed by atoms with E-state index in [4.69, 9.17) is 18.0 Å². The van der Waals surface area contributed by atoms with Gasteiger partial charge < -0.3 is 10.7 Å². The van der Waals surface area contributed by atoms with Crippen molar-refractivity contribution >= 4 is 18.1 Å². The summed E-state index contributed by atoms with van der Waals surface area (Å²) in [5.74, 6) is -0.361. The molecule has 1 aromatic heterocycles. The number of aromatic nitrogens is 1. The van der Waals surface area contributed by atoms with Crippen molar-refractivity contribution in [3.8, 4) is 0 Å². The number of rotatable bonds is 2. The number of hydrogen-bond acceptors (Lipinski definition) is 2. The second-order valence-corrected chi connectivity index (χ2v) is 3.08. The smallest absolute Gasteiger partial charge is 0.221 e. The van der Waals surface area contributed by atoms with Crippen LogP contribution in [0.1, 0.15) is 11.1 Å². The highest BCUT2D eigenvalue weighted by atomic mass is 32.1. The molecule has 0 bridgehead atoms. The Kier molecular flexibility index (Phi) is 2.60. The minimum atomic E-state index is -0.361. The molecule has 0 aliphatic carbocycles. The van der Waals surface area contributed by atoms with Gasteiger partial charge in [0, 0.05) is 6.20 Å². The Labute approximate surface area is 75.6 Å². The highest BCUT2D eigenvalue weighted by Crippen LogP contribution is 2.04. The van der Waals surface area contributed by atoms with E-state index in [-0.39, 0.29) is 12.3 Å². The van der Waals surface area contributed by atoms with Crippen LogP contribution in [0.3, 0.4) is 0 Å². The molecule has 1 rings (SSSR count). The van der Waals surface area contributed by atoms with Gasteiger partial charge in [0.2, 0.25) is 5.91 Å². The van der Waals surface area contributed by atoms with Gasteiger partial charge >= 0.3 is 0 Å². The molecular formula is C8H10N2OS. The first-order chi connectivity index (χ1) is 5.59. The lowest BCUT2D eigenvalue weighted by atomic mass is 10.1. The zero-order chi connectivity index (χ0) is 9.14. The molecule has 0 saturated heterocycles. The molecule has 0 saturated carbocycles. The SMILES string of the molecule is Cc1c[nH]c(=S)c(CC(N)=O)c1. The Morgan fingerprint density at radius 3 is 3.00 bits per heavy atom. The van der Waals surface area contributed by atoms with Crippen LogP contribution in [-0.2, 0) is 11.2 Å². The summed E-state index contributed by atoms with van der Waals surface area (Å²) in [6.45, 7) is 1.93. The molecule has 0 aromatic carbocycles. The Balaban J connectivity index is 3.06. The highest BCUT2D eigenvalue weighted by Gasteiger charge is 2.00. The molecule has 0 spiro atoms. The highest BCUT2D eigenvalue weighted by molar-refractivity contribution is 7.71. The maximum Gasteiger partial charge on any atom is 0.221 e. The fourth-order valence-electron chi connectivity index (χ4n) is 0.973. The van der Waals surface area contributed by atoms with Gasteiger partial charge in [-0.05, 0) is 18.1 Å². The predicted molar refractivity (Wildman–Crippen MR) is 49.3 cm³/mol. The number of carbonyl (C=O) groups is 1. The van der Waals surface area contributed by atoms with Crippen LogP contribution < -0.4 is 5.73 Å². The monoisotopic (exact) mass is 182 g/mol. The van der Waals surface area contributed by atoms with E-state index in [0.717, 1.165) is 11.1 Å². The average Bonchev–Trinajstić information content (AvgIpc) is 1.96. The zero-order valence-electron chi connectivity index (χ0n) is 6.76. The first-order valence-electron chi connectivity index (χ1n) is 3.56. The van der Waals surface area contributed by atoms with Crippen LogP contribution in [0, 0.1) is 11.6 Å². The number of aryl methyl sites for hydroxylation is 1. The number of primary amides is 1. The molecule has 0 radical (unpaired) electrons. The molecule has 3 nitrogen and oxygen atoms in total. The van der Waals surface area contributed by atoms with Gasteiger partial charge in [-0.25, -0.2) is 0 Å². The van der Waals surface area contributed by atoms with E-state index in [1.165, 1.54) is 0 Å². The third-order valence-corrected chi connectivity index (χ3v) is 1.87. The van der Waals surface area contributed by atoms with Gasteiger partial charge in [0.05, 0.1) is 6.42 Å². The number of nitrogens with two attached hydrogens (primary N) is 1. The molecular weight excluding hydrogens is 172 g/mol. The number of pyridine rings is 1. The van der Waals surface area contributed by atoms with Crippen molar-refractivity contribution in [1.29, 1.82) is 0 Å². The lowest BCUT2D eigenvalue weighted by Crippen LogP contribution is -2.14. The molecule has 64 valence electrons. The summed E-state index contributed by atoms with van der Waals surface area (Å²) >= 11 is 4.97. The molecule has 0 aliphatic heterocycles. The maximum atomic E-state index is 10.6. The van der Waals surface area contributed by atoms with Crippen molar-refractivity contribution < 1.29 is 4.79 Å². The van der Waals surface area contributed by atoms with E-state index in [0.29, 0.717) is 4.64 Å². The van der Waals surface area contributed by atoms with Crippen molar-refractivity contribution in [2.45, 2.75) is 13.3 Å². The summed E-state index contributed by atoms with van der Waals surface area (Å²) in [6.07, 6.45) is 2.00. The second-order valence-electron chi connectivity index (χ2n) is 2.67. The van der Waals surface area contributed by atoms with Crippen molar-refractivity contribution in [2.75, 3.05) is 0 Å². The van der Waals surface area contributed by atoms with Crippen LogP contribution in [0.5, 0.6) is 0 Å². The van der Waals surface area contributed by atoms with E-state index in [2.05, 4.69) is 4.98 Å². The first kappa shape index (κ1) is 8.93. The number of aromatic amines is 1. The van der Waals surface area contributed by atoms with Crippen LogP contribution in [0.25, 0.3) is 0 Å². The Morgan fingerprint density at radius 2 is 2.42 bits per heavy atom. The summed E-state index contributed by atoms with van der Waals surface area (Å²) in [5.41, 5.74) is 6.88. The zero-order valence-corrected chi connectivity index (χ0v) is 7.57. The molecule has 1 amide bonds. The van der Waals surface area contributed by atoms with Crippen LogP contribution in [-0.4, -0.2) is 10.9 Å². The number of H-pyrrole nitrogens is 1. The third-order valence-electron chi connectivity index (χ3n) is 1.49. The fourth-order valence-corrected chi connectivity index (χ4v) is 1.16. The Morgan fingerprint density at radius 1 is 1.75 bits per heavy atom. The molecule has 0 aliphatic rings. The van der Waals surface area contributed by atoms with E-state index in [9.17, 15) is 4.79 Å². The summed E-state index contributed by atoms with van der Waals surface area (Å²) < 4.78 is 0.583. The predicted octanol–water partition coefficient (Wildman–Crippen LogP) is 1.08. The lowest BCUT2D eigenvalue weighted by Gasteiger charge is -1.99. The average molecular weight is 182 g/mol. The van der Waals surface area contributed by atoms with Crippen LogP contribution in [0.4, 0.5) is 0 Å². The van der Waals surface area contributed by atoms with Gasteiger partial charge in [-0.3, -0.25) is 4.79 Å². The number of carbonyl (C=O) groups excluding carboxylic acids is 1. The molecule has 0 unspecified atom stereocenters. The topological polar surface area (TPSA) is 58.9 Å². The normalized spacial score (nSPS) is 9.75. The van der Waals surface area contributed by atoms with Crippen molar-refractivity contribution in [2.24, 2.45) is 5.73 Å². The molecule has 4 heteroatoms. The van der Waals surface area contributed by atoms with Gasteiger partial charge in [0.1, 0.15) is 4.64 Å². The van der Waals surface area contributed by atoms with Gasteiger partial charge in [0.15, 0.2) is 0 Å². The third kappa shape index (κ3) is 2.17. The van der Waals surface area contributed by atoms with Gasteiger partial charge in [0.25, 0.3) is 0 Å². The Hall–Kier alpha value is -1.16. The van der Waals surface area contributed by atoms with Crippen molar-refractivity contribution in [1.82, 2.24) is 4.98 Å². The standard InChI is InChI=1S/C8H10N2OS/c1-5-2-6(3-7(9)11)8(12)10-4-5/h2,4H,3H2,1H3,(H2,9,11)(H,10,12). The first-order valence-corrected chi connectivity index (χ1v) is 3.97. The minimum Gasteiger partial charge on any atom is -0.369 e. The quantitative estimate of drug-likeness (QED) is 0.672. The minimum absolute atomic E-state index is 0.205. The van der Waals surface area contributed by atoms with E-state index >= 15 is 0 Å². The Bertz CT molecular complexity index is 356. The van der Waals surface area contributed by atoms with Crippen molar-refractivity contribution in [3.05, 3.63) is 28.0 Å². The van der Waals surface area contributed by atoms with Gasteiger partial charge in [-0.2, -0.15) is 0 Å². The summed E-state index contributed by atoms with van der Waals surface area (Å²) in [7, 11) is 0. The number of hydrogen-bond donors (Lipinski definition) is 2. The fraction of sp³-hybridized carbons (Fsp3) is 0.250. The van der Waals surface area contributed by atoms with E-state index < -0.39 is 0 Å².